The molecule has 0 saturated carbocycles. The highest BCUT2D eigenvalue weighted by molar-refractivity contribution is 5.92. The number of nitrogens with zero attached hydrogens (tertiary/aromatic N) is 1. The van der Waals surface area contributed by atoms with Crippen LogP contribution in [0.1, 0.15) is 22.8 Å². The molecule has 2 N–H and O–H groups in total. The van der Waals surface area contributed by atoms with Crippen LogP contribution in [0.25, 0.3) is 0 Å². The molecule has 1 heterocycles. The summed E-state index contributed by atoms with van der Waals surface area (Å²) < 4.78 is 98.7. The van der Waals surface area contributed by atoms with E-state index in [1.807, 2.05) is 0 Å². The molecule has 4 nitrogen and oxygen atoms in total. The molecule has 0 fully saturated rings. The van der Waals surface area contributed by atoms with Crippen molar-refractivity contribution >= 4 is 5.91 Å². The Hall–Kier alpha value is -2.85. The lowest BCUT2D eigenvalue weighted by atomic mass is 9.98. The van der Waals surface area contributed by atoms with Crippen molar-refractivity contribution in [1.29, 1.82) is 0 Å². The molecular formula is C16H11F7N2O2. The maximum Gasteiger partial charge on any atom is 0.375 e. The predicted molar refractivity (Wildman–Crippen MR) is 78.7 cm³/mol. The first-order valence-electron chi connectivity index (χ1n) is 7.14. The summed E-state index contributed by atoms with van der Waals surface area (Å²) in [4.78, 5) is 14.4. The molecule has 0 bridgehead atoms. The van der Waals surface area contributed by atoms with Gasteiger partial charge in [0.15, 0.2) is 5.82 Å². The van der Waals surface area contributed by atoms with Crippen LogP contribution in [-0.4, -0.2) is 22.7 Å². The number of primary amides is 1. The summed E-state index contributed by atoms with van der Waals surface area (Å²) >= 11 is 0. The third-order valence-electron chi connectivity index (χ3n) is 3.47. The van der Waals surface area contributed by atoms with E-state index in [1.165, 1.54) is 0 Å². The van der Waals surface area contributed by atoms with E-state index in [-0.39, 0.29) is 18.2 Å². The van der Waals surface area contributed by atoms with Crippen LogP contribution in [0.15, 0.2) is 36.5 Å². The number of benzene rings is 1. The average molecular weight is 396 g/mol. The summed E-state index contributed by atoms with van der Waals surface area (Å²) in [5.41, 5.74) is 3.29. The van der Waals surface area contributed by atoms with E-state index >= 15 is 0 Å². The summed E-state index contributed by atoms with van der Waals surface area (Å²) in [5, 5.41) is 0. The molecule has 1 aromatic carbocycles. The largest absolute Gasteiger partial charge is 0.436 e. The Labute approximate surface area is 147 Å². The van der Waals surface area contributed by atoms with Crippen LogP contribution >= 0.6 is 0 Å². The number of alkyl halides is 6. The third kappa shape index (κ3) is 3.81. The third-order valence-corrected chi connectivity index (χ3v) is 3.47. The molecule has 0 unspecified atom stereocenters. The van der Waals surface area contributed by atoms with E-state index in [0.29, 0.717) is 12.1 Å². The van der Waals surface area contributed by atoms with Gasteiger partial charge in [-0.3, -0.25) is 4.79 Å². The SMILES string of the molecule is CC(F)(F)C(F)(F)C(F)(F)c1ccc(Oc2ncc(C(N)=O)cc2F)cc1. The normalized spacial score (nSPS) is 12.7. The van der Waals surface area contributed by atoms with E-state index in [0.717, 1.165) is 24.4 Å². The monoisotopic (exact) mass is 396 g/mol. The Morgan fingerprint density at radius 1 is 1.07 bits per heavy atom. The summed E-state index contributed by atoms with van der Waals surface area (Å²) in [6.07, 6.45) is 0.896. The van der Waals surface area contributed by atoms with Crippen molar-refractivity contribution in [2.45, 2.75) is 24.7 Å². The molecule has 2 aromatic rings. The number of amides is 1. The second kappa shape index (κ2) is 6.71. The molecule has 146 valence electrons. The van der Waals surface area contributed by atoms with Crippen LogP contribution in [0.4, 0.5) is 30.7 Å². The van der Waals surface area contributed by atoms with Crippen LogP contribution in [0.5, 0.6) is 11.6 Å². The van der Waals surface area contributed by atoms with E-state index < -0.39 is 40.9 Å². The van der Waals surface area contributed by atoms with Crippen LogP contribution in [-0.2, 0) is 5.92 Å². The van der Waals surface area contributed by atoms with Gasteiger partial charge in [0.25, 0.3) is 5.88 Å². The van der Waals surface area contributed by atoms with Gasteiger partial charge in [0, 0.05) is 18.7 Å². The number of rotatable bonds is 6. The number of carbonyl (C=O) groups is 1. The van der Waals surface area contributed by atoms with Gasteiger partial charge in [0.2, 0.25) is 5.91 Å². The molecule has 27 heavy (non-hydrogen) atoms. The van der Waals surface area contributed by atoms with Gasteiger partial charge in [0.05, 0.1) is 5.56 Å². The zero-order chi connectivity index (χ0) is 20.6. The molecule has 2 rings (SSSR count). The molecule has 1 amide bonds. The number of pyridine rings is 1. The quantitative estimate of drug-likeness (QED) is 0.732. The van der Waals surface area contributed by atoms with E-state index in [9.17, 15) is 35.5 Å². The molecule has 0 radical (unpaired) electrons. The molecule has 11 heteroatoms. The Bertz CT molecular complexity index is 849. The first-order chi connectivity index (χ1) is 12.3. The fraction of sp³-hybridized carbons (Fsp3) is 0.250. The van der Waals surface area contributed by atoms with Crippen molar-refractivity contribution in [2.24, 2.45) is 5.73 Å². The highest BCUT2D eigenvalue weighted by atomic mass is 19.3. The lowest BCUT2D eigenvalue weighted by Crippen LogP contribution is -2.50. The maximum atomic E-state index is 13.8. The summed E-state index contributed by atoms with van der Waals surface area (Å²) in [5.74, 6) is -18.8. The first kappa shape index (κ1) is 20.5. The van der Waals surface area contributed by atoms with Crippen LogP contribution in [0.2, 0.25) is 0 Å². The molecule has 0 saturated heterocycles. The smallest absolute Gasteiger partial charge is 0.375 e. The number of carbonyl (C=O) groups excluding carboxylic acids is 1. The zero-order valence-electron chi connectivity index (χ0n) is 13.5. The van der Waals surface area contributed by atoms with Gasteiger partial charge < -0.3 is 10.5 Å². The van der Waals surface area contributed by atoms with Gasteiger partial charge in [-0.2, -0.15) is 26.3 Å². The lowest BCUT2D eigenvalue weighted by molar-refractivity contribution is -0.308. The van der Waals surface area contributed by atoms with Crippen LogP contribution < -0.4 is 10.5 Å². The lowest BCUT2D eigenvalue weighted by Gasteiger charge is -2.31. The van der Waals surface area contributed by atoms with Gasteiger partial charge in [-0.1, -0.05) is 0 Å². The number of nitrogens with two attached hydrogens (primary N) is 1. The molecule has 0 aliphatic carbocycles. The first-order valence-corrected chi connectivity index (χ1v) is 7.14. The molecule has 0 spiro atoms. The van der Waals surface area contributed by atoms with Gasteiger partial charge in [-0.05, 0) is 30.3 Å². The minimum atomic E-state index is -5.64. The van der Waals surface area contributed by atoms with E-state index in [2.05, 4.69) is 4.98 Å². The van der Waals surface area contributed by atoms with Gasteiger partial charge in [-0.25, -0.2) is 9.37 Å². The number of aromatic nitrogens is 1. The van der Waals surface area contributed by atoms with Crippen LogP contribution in [0, 0.1) is 5.82 Å². The van der Waals surface area contributed by atoms with Crippen LogP contribution in [0.3, 0.4) is 0 Å². The topological polar surface area (TPSA) is 65.2 Å². The fourth-order valence-electron chi connectivity index (χ4n) is 1.94. The number of hydrogen-bond acceptors (Lipinski definition) is 3. The second-order valence-corrected chi connectivity index (χ2v) is 5.54. The standard InChI is InChI=1S/C16H11F7N2O2/c1-14(18,19)16(22,23)15(20,21)9-2-4-10(5-3-9)27-13-11(17)6-8(7-25-13)12(24)26/h2-7H,1H3,(H2,24,26). The number of hydrogen-bond donors (Lipinski definition) is 1. The summed E-state index contributed by atoms with van der Waals surface area (Å²) in [6, 6.07) is 3.08. The predicted octanol–water partition coefficient (Wildman–Crippen LogP) is 4.49. The fourth-order valence-corrected chi connectivity index (χ4v) is 1.94. The Morgan fingerprint density at radius 2 is 1.63 bits per heavy atom. The van der Waals surface area contributed by atoms with Crippen molar-refractivity contribution < 1.29 is 40.3 Å². The van der Waals surface area contributed by atoms with Gasteiger partial charge in [0.1, 0.15) is 5.75 Å². The van der Waals surface area contributed by atoms with Gasteiger partial charge in [-0.15, -0.1) is 0 Å². The van der Waals surface area contributed by atoms with Crippen molar-refractivity contribution in [1.82, 2.24) is 4.98 Å². The molecular weight excluding hydrogens is 385 g/mol. The zero-order valence-corrected chi connectivity index (χ0v) is 13.5. The Kier molecular flexibility index (Phi) is 5.08. The minimum Gasteiger partial charge on any atom is -0.436 e. The number of halogens is 7. The molecule has 0 aliphatic heterocycles. The second-order valence-electron chi connectivity index (χ2n) is 5.54. The average Bonchev–Trinajstić information content (AvgIpc) is 2.55. The molecule has 0 atom stereocenters. The van der Waals surface area contributed by atoms with Crippen molar-refractivity contribution in [3.63, 3.8) is 0 Å². The molecule has 0 aliphatic rings. The van der Waals surface area contributed by atoms with Crippen molar-refractivity contribution in [3.05, 3.63) is 53.5 Å². The Morgan fingerprint density at radius 3 is 2.07 bits per heavy atom. The van der Waals surface area contributed by atoms with E-state index in [4.69, 9.17) is 10.5 Å². The van der Waals surface area contributed by atoms with Crippen molar-refractivity contribution in [3.8, 4) is 11.6 Å². The highest BCUT2D eigenvalue weighted by Crippen LogP contribution is 2.51. The Balaban J connectivity index is 2.27. The molecule has 1 aromatic heterocycles. The maximum absolute atomic E-state index is 13.8. The summed E-state index contributed by atoms with van der Waals surface area (Å²) in [6.45, 7) is -0.317. The van der Waals surface area contributed by atoms with Crippen molar-refractivity contribution in [2.75, 3.05) is 0 Å². The van der Waals surface area contributed by atoms with Gasteiger partial charge >= 0.3 is 17.8 Å². The number of ether oxygens (including phenoxy) is 1. The van der Waals surface area contributed by atoms with E-state index in [1.54, 1.807) is 0 Å². The highest BCUT2D eigenvalue weighted by Gasteiger charge is 2.69. The summed E-state index contributed by atoms with van der Waals surface area (Å²) in [7, 11) is 0. The minimum absolute atomic E-state index is 0.252.